The number of hydrogen-bond acceptors (Lipinski definition) is 4. The number of esters is 1. The van der Waals surface area contributed by atoms with Gasteiger partial charge in [-0.25, -0.2) is 4.79 Å². The first-order valence-electron chi connectivity index (χ1n) is 17.6. The highest BCUT2D eigenvalue weighted by atomic mass is 79.9. The van der Waals surface area contributed by atoms with Gasteiger partial charge in [0.25, 0.3) is 0 Å². The number of carbonyl (C=O) groups is 1. The fraction of sp³-hybridized carbons (Fsp3) is 0.850. The van der Waals surface area contributed by atoms with E-state index in [1.54, 1.807) is 0 Å². The van der Waals surface area contributed by atoms with Crippen LogP contribution in [0.2, 0.25) is 0 Å². The molecule has 2 saturated heterocycles. The van der Waals surface area contributed by atoms with Crippen LogP contribution in [0.3, 0.4) is 0 Å². The van der Waals surface area contributed by atoms with E-state index in [2.05, 4.69) is 65.5 Å². The Hall–Kier alpha value is -1.14. The number of carbonyl (C=O) groups excluding carboxylic acids is 1. The van der Waals surface area contributed by atoms with Crippen molar-refractivity contribution in [3.05, 3.63) is 24.5 Å². The Kier molecular flexibility index (Phi) is 9.85. The van der Waals surface area contributed by atoms with Gasteiger partial charge in [-0.3, -0.25) is 0 Å². The topological polar surface area (TPSA) is 42.7 Å². The molecule has 1 aromatic rings. The van der Waals surface area contributed by atoms with Crippen LogP contribution in [0.25, 0.3) is 0 Å². The van der Waals surface area contributed by atoms with Crippen molar-refractivity contribution < 1.29 is 35.8 Å². The quantitative estimate of drug-likeness (QED) is 0.291. The summed E-state index contributed by atoms with van der Waals surface area (Å²) in [5.41, 5.74) is 2.67. The Morgan fingerprint density at radius 2 is 1.50 bits per heavy atom. The lowest BCUT2D eigenvalue weighted by molar-refractivity contribution is -0.686. The van der Waals surface area contributed by atoms with E-state index in [4.69, 9.17) is 9.47 Å². The maximum atomic E-state index is 13.2. The van der Waals surface area contributed by atoms with Crippen LogP contribution in [-0.4, -0.2) is 37.9 Å². The fourth-order valence-corrected chi connectivity index (χ4v) is 13.0. The second-order valence-corrected chi connectivity index (χ2v) is 18.2. The Morgan fingerprint density at radius 1 is 0.848 bits per heavy atom. The number of pyridine rings is 1. The zero-order valence-electron chi connectivity index (χ0n) is 29.0. The Morgan fingerprint density at radius 3 is 2.13 bits per heavy atom. The lowest BCUT2D eigenvalue weighted by atomic mass is 9.31. The monoisotopic (exact) mass is 702 g/mol. The molecule has 0 aromatic carbocycles. The van der Waals surface area contributed by atoms with Gasteiger partial charge in [0.1, 0.15) is 6.10 Å². The third-order valence-corrected chi connectivity index (χ3v) is 15.6. The molecule has 6 heteroatoms. The number of anilines is 1. The SMILES string of the molecule is C.C.CN(C)c1cc[n+](CC(=O)O[C@H]2CC[C@@]3(C)C(CC[C@]4(C)C3CCC3C5[C@H]6O[C@@]5(CCC6(C)C)CC[C@]34C)C2(C)C)cc1.[Br-]. The third-order valence-electron chi connectivity index (χ3n) is 15.6. The average Bonchev–Trinajstić information content (AvgIpc) is 2.91. The van der Waals surface area contributed by atoms with E-state index in [9.17, 15) is 4.79 Å². The standard InChI is InChI=1S/C38H59N2O3.2CH4.BrH/c1-33(2)18-20-38-21-19-36(6)26(31(38)32(33)43-38)10-11-28-35(5)16-13-29(34(3,4)27(35)12-17-37(28,36)7)42-30(41)24-40-22-14-25(15-23-40)39(8)9;;;/h14-15,22-23,26-29,31-32H,10-13,16-21,24H2,1-9H3;2*1H4;1H/q+1;;;/p-1/t26?,27?,28?,29-,31?,32+,35-,36+,37+,38-;;;/m0.../s1. The lowest BCUT2D eigenvalue weighted by Gasteiger charge is -2.77. The highest BCUT2D eigenvalue weighted by Crippen LogP contribution is 2.78. The Balaban J connectivity index is 0.00000160. The molecule has 7 rings (SSSR count). The lowest BCUT2D eigenvalue weighted by Crippen LogP contribution is -3.00. The van der Waals surface area contributed by atoms with Gasteiger partial charge in [-0.05, 0) is 104 Å². The second kappa shape index (κ2) is 12.0. The van der Waals surface area contributed by atoms with Crippen LogP contribution in [0.1, 0.15) is 128 Å². The van der Waals surface area contributed by atoms with Gasteiger partial charge < -0.3 is 31.4 Å². The van der Waals surface area contributed by atoms with E-state index < -0.39 is 0 Å². The molecule has 0 amide bonds. The Bertz CT molecular complexity index is 1280. The minimum atomic E-state index is -0.106. The molecule has 4 saturated carbocycles. The van der Waals surface area contributed by atoms with Crippen LogP contribution >= 0.6 is 0 Å². The molecular weight excluding hydrogens is 636 g/mol. The van der Waals surface area contributed by atoms with Gasteiger partial charge in [0.2, 0.25) is 6.54 Å². The van der Waals surface area contributed by atoms with Gasteiger partial charge in [0, 0.05) is 43.2 Å². The van der Waals surface area contributed by atoms with Crippen molar-refractivity contribution in [3.63, 3.8) is 0 Å². The van der Waals surface area contributed by atoms with Crippen molar-refractivity contribution in [2.45, 2.75) is 152 Å². The molecular formula is C40H67BrN2O3. The molecule has 1 spiro atoms. The van der Waals surface area contributed by atoms with Gasteiger partial charge in [-0.15, -0.1) is 0 Å². The summed E-state index contributed by atoms with van der Waals surface area (Å²) in [5.74, 6) is 2.78. The number of aromatic nitrogens is 1. The minimum Gasteiger partial charge on any atom is -1.00 e. The molecule has 4 unspecified atom stereocenters. The summed E-state index contributed by atoms with van der Waals surface area (Å²) in [4.78, 5) is 15.3. The zero-order chi connectivity index (χ0) is 30.8. The van der Waals surface area contributed by atoms with Crippen LogP contribution in [0.15, 0.2) is 24.5 Å². The maximum absolute atomic E-state index is 13.2. The molecule has 5 nitrogen and oxygen atoms in total. The second-order valence-electron chi connectivity index (χ2n) is 18.2. The minimum absolute atomic E-state index is 0. The molecule has 2 aliphatic heterocycles. The van der Waals surface area contributed by atoms with E-state index in [0.717, 1.165) is 29.9 Å². The summed E-state index contributed by atoms with van der Waals surface area (Å²) in [6.07, 6.45) is 17.1. The average molecular weight is 704 g/mol. The molecule has 46 heavy (non-hydrogen) atoms. The van der Waals surface area contributed by atoms with Crippen LogP contribution in [0, 0.1) is 50.7 Å². The van der Waals surface area contributed by atoms with Gasteiger partial charge in [-0.1, -0.05) is 63.3 Å². The van der Waals surface area contributed by atoms with E-state index in [1.807, 2.05) is 31.1 Å². The maximum Gasteiger partial charge on any atom is 0.372 e. The summed E-state index contributed by atoms with van der Waals surface area (Å²) in [5, 5.41) is 0. The predicted octanol–water partition coefficient (Wildman–Crippen LogP) is 5.87. The molecule has 4 aliphatic carbocycles. The molecule has 2 bridgehead atoms. The number of hydrogen-bond donors (Lipinski definition) is 0. The van der Waals surface area contributed by atoms with Gasteiger partial charge in [0.05, 0.1) is 11.7 Å². The zero-order valence-corrected chi connectivity index (χ0v) is 30.6. The van der Waals surface area contributed by atoms with E-state index in [1.165, 1.54) is 57.8 Å². The predicted molar refractivity (Wildman–Crippen MR) is 184 cm³/mol. The first-order chi connectivity index (χ1) is 20.1. The number of rotatable bonds is 4. The van der Waals surface area contributed by atoms with Crippen molar-refractivity contribution >= 4 is 11.7 Å². The molecule has 3 heterocycles. The highest BCUT2D eigenvalue weighted by Gasteiger charge is 2.75. The van der Waals surface area contributed by atoms with Crippen molar-refractivity contribution in [3.8, 4) is 0 Å². The summed E-state index contributed by atoms with van der Waals surface area (Å²) >= 11 is 0. The Labute approximate surface area is 292 Å². The number of ether oxygens (including phenoxy) is 2. The van der Waals surface area contributed by atoms with Crippen molar-refractivity contribution in [1.29, 1.82) is 0 Å². The van der Waals surface area contributed by atoms with Gasteiger partial charge in [0.15, 0.2) is 12.4 Å². The van der Waals surface area contributed by atoms with E-state index in [-0.39, 0.29) is 61.5 Å². The molecule has 6 aliphatic rings. The third kappa shape index (κ3) is 5.06. The van der Waals surface area contributed by atoms with E-state index >= 15 is 0 Å². The highest BCUT2D eigenvalue weighted by molar-refractivity contribution is 5.68. The number of fused-ring (bicyclic) bond motifs is 8. The van der Waals surface area contributed by atoms with Gasteiger partial charge in [-0.2, -0.15) is 4.57 Å². The molecule has 0 radical (unpaired) electrons. The summed E-state index contributed by atoms with van der Waals surface area (Å²) in [7, 11) is 4.07. The summed E-state index contributed by atoms with van der Waals surface area (Å²) < 4.78 is 15.1. The fourth-order valence-electron chi connectivity index (χ4n) is 13.0. The van der Waals surface area contributed by atoms with Crippen LogP contribution in [0.4, 0.5) is 5.69 Å². The van der Waals surface area contributed by atoms with Crippen LogP contribution in [0.5, 0.6) is 0 Å². The largest absolute Gasteiger partial charge is 1.00 e. The first kappa shape index (κ1) is 37.7. The molecule has 0 N–H and O–H groups in total. The van der Waals surface area contributed by atoms with Crippen LogP contribution in [-0.2, 0) is 20.8 Å². The molecule has 262 valence electrons. The first-order valence-corrected chi connectivity index (χ1v) is 17.6. The number of halogens is 1. The van der Waals surface area contributed by atoms with Crippen LogP contribution < -0.4 is 26.4 Å². The van der Waals surface area contributed by atoms with E-state index in [0.29, 0.717) is 33.7 Å². The normalized spacial score (nSPS) is 44.0. The van der Waals surface area contributed by atoms with Crippen molar-refractivity contribution in [1.82, 2.24) is 0 Å². The summed E-state index contributed by atoms with van der Waals surface area (Å²) in [6, 6.07) is 4.10. The molecule has 10 atom stereocenters. The molecule has 1 aromatic heterocycles. The number of nitrogens with zero attached hydrogens (tertiary/aromatic N) is 2. The molecule has 6 fully saturated rings. The van der Waals surface area contributed by atoms with Gasteiger partial charge >= 0.3 is 5.97 Å². The van der Waals surface area contributed by atoms with Crippen molar-refractivity contribution in [2.24, 2.45) is 50.7 Å². The smallest absolute Gasteiger partial charge is 0.372 e. The van der Waals surface area contributed by atoms with Crippen molar-refractivity contribution in [2.75, 3.05) is 19.0 Å². The summed E-state index contributed by atoms with van der Waals surface area (Å²) in [6.45, 7) is 18.2.